The Hall–Kier alpha value is -1.40. The van der Waals surface area contributed by atoms with E-state index >= 15 is 0 Å². The molecule has 2 amide bonds. The van der Waals surface area contributed by atoms with E-state index in [0.29, 0.717) is 30.2 Å². The number of carbonyl (C=O) groups is 2. The summed E-state index contributed by atoms with van der Waals surface area (Å²) in [5, 5.41) is 7.62. The van der Waals surface area contributed by atoms with E-state index < -0.39 is 0 Å². The second-order valence-electron chi connectivity index (χ2n) is 8.08. The maximum Gasteiger partial charge on any atom is 0.254 e. The fourth-order valence-electron chi connectivity index (χ4n) is 4.84. The first kappa shape index (κ1) is 18.0. The van der Waals surface area contributed by atoms with Gasteiger partial charge in [-0.15, -0.1) is 0 Å². The van der Waals surface area contributed by atoms with E-state index in [-0.39, 0.29) is 5.91 Å². The Morgan fingerprint density at radius 1 is 1.19 bits per heavy atom. The first-order valence-corrected chi connectivity index (χ1v) is 11.0. The van der Waals surface area contributed by atoms with Crippen molar-refractivity contribution in [2.24, 2.45) is 11.8 Å². The molecule has 0 aromatic carbocycles. The number of carbonyl (C=O) groups excluding carboxylic acids is 2. The van der Waals surface area contributed by atoms with Crippen LogP contribution in [-0.2, 0) is 4.79 Å². The number of rotatable bonds is 5. The topological polar surface area (TPSA) is 52.7 Å². The van der Waals surface area contributed by atoms with Gasteiger partial charge in [0, 0.05) is 44.0 Å². The summed E-state index contributed by atoms with van der Waals surface area (Å²) in [6, 6.07) is 2.37. The van der Waals surface area contributed by atoms with E-state index in [1.807, 2.05) is 21.7 Å². The van der Waals surface area contributed by atoms with Crippen molar-refractivity contribution in [1.29, 1.82) is 0 Å². The summed E-state index contributed by atoms with van der Waals surface area (Å²) in [6.07, 6.45) is 6.20. The molecule has 1 aromatic heterocycles. The van der Waals surface area contributed by atoms with Crippen LogP contribution >= 0.6 is 11.3 Å². The average molecular weight is 376 g/mol. The predicted octanol–water partition coefficient (Wildman–Crippen LogP) is 2.59. The molecule has 0 spiro atoms. The zero-order chi connectivity index (χ0) is 17.9. The zero-order valence-corrected chi connectivity index (χ0v) is 16.2. The molecule has 3 saturated heterocycles. The van der Waals surface area contributed by atoms with Gasteiger partial charge in [0.2, 0.25) is 5.91 Å². The molecule has 0 aliphatic carbocycles. The molecule has 0 saturated carbocycles. The summed E-state index contributed by atoms with van der Waals surface area (Å²) < 4.78 is 0. The molecule has 2 bridgehead atoms. The number of amides is 2. The quantitative estimate of drug-likeness (QED) is 0.861. The van der Waals surface area contributed by atoms with Crippen LogP contribution in [0.3, 0.4) is 0 Å². The number of piperidine rings is 2. The van der Waals surface area contributed by atoms with E-state index in [9.17, 15) is 9.59 Å². The Balaban J connectivity index is 1.28. The lowest BCUT2D eigenvalue weighted by molar-refractivity contribution is -0.130. The smallest absolute Gasteiger partial charge is 0.254 e. The molecular weight excluding hydrogens is 346 g/mol. The highest BCUT2D eigenvalue weighted by molar-refractivity contribution is 7.08. The van der Waals surface area contributed by atoms with Gasteiger partial charge in [-0.05, 0) is 61.9 Å². The van der Waals surface area contributed by atoms with Crippen LogP contribution < -0.4 is 5.32 Å². The van der Waals surface area contributed by atoms with Crippen molar-refractivity contribution in [2.75, 3.05) is 32.7 Å². The summed E-state index contributed by atoms with van der Waals surface area (Å²) in [4.78, 5) is 29.0. The molecule has 26 heavy (non-hydrogen) atoms. The van der Waals surface area contributed by atoms with E-state index in [4.69, 9.17) is 0 Å². The Morgan fingerprint density at radius 3 is 2.81 bits per heavy atom. The summed E-state index contributed by atoms with van der Waals surface area (Å²) in [6.45, 7) is 4.62. The highest BCUT2D eigenvalue weighted by atomic mass is 32.1. The summed E-state index contributed by atoms with van der Waals surface area (Å²) in [5.74, 6) is 1.60. The van der Waals surface area contributed by atoms with Gasteiger partial charge in [0.15, 0.2) is 0 Å². The minimum absolute atomic E-state index is 0.186. The molecule has 0 unspecified atom stereocenters. The highest BCUT2D eigenvalue weighted by Gasteiger charge is 2.38. The van der Waals surface area contributed by atoms with Crippen LogP contribution in [0.2, 0.25) is 0 Å². The molecule has 4 rings (SSSR count). The van der Waals surface area contributed by atoms with Crippen LogP contribution in [0.5, 0.6) is 0 Å². The number of fused-ring (bicyclic) bond motifs is 2. The third-order valence-electron chi connectivity index (χ3n) is 6.23. The number of thiophene rings is 1. The van der Waals surface area contributed by atoms with E-state index in [1.54, 1.807) is 11.3 Å². The lowest BCUT2D eigenvalue weighted by atomic mass is 9.79. The molecule has 3 atom stereocenters. The summed E-state index contributed by atoms with van der Waals surface area (Å²) in [5.41, 5.74) is 0.829. The second kappa shape index (κ2) is 8.09. The van der Waals surface area contributed by atoms with Crippen molar-refractivity contribution >= 4 is 23.2 Å². The number of nitrogens with zero attached hydrogens (tertiary/aromatic N) is 2. The molecule has 3 aliphatic rings. The van der Waals surface area contributed by atoms with Gasteiger partial charge in [-0.3, -0.25) is 9.59 Å². The average Bonchev–Trinajstić information content (AvgIpc) is 3.36. The van der Waals surface area contributed by atoms with Gasteiger partial charge < -0.3 is 15.1 Å². The highest BCUT2D eigenvalue weighted by Crippen LogP contribution is 2.31. The Morgan fingerprint density at radius 2 is 2.04 bits per heavy atom. The van der Waals surface area contributed by atoms with Gasteiger partial charge in [0.05, 0.1) is 5.56 Å². The van der Waals surface area contributed by atoms with Crippen molar-refractivity contribution in [3.63, 3.8) is 0 Å². The first-order chi connectivity index (χ1) is 12.7. The van der Waals surface area contributed by atoms with Crippen molar-refractivity contribution in [1.82, 2.24) is 15.1 Å². The molecule has 0 radical (unpaired) electrons. The largest absolute Gasteiger partial charge is 0.343 e. The Bertz CT molecular complexity index is 627. The number of nitrogens with one attached hydrogen (secondary N) is 1. The van der Waals surface area contributed by atoms with Gasteiger partial charge in [-0.1, -0.05) is 0 Å². The van der Waals surface area contributed by atoms with Crippen molar-refractivity contribution < 1.29 is 9.59 Å². The monoisotopic (exact) mass is 375 g/mol. The summed E-state index contributed by atoms with van der Waals surface area (Å²) >= 11 is 1.58. The van der Waals surface area contributed by atoms with E-state index in [2.05, 4.69) is 10.2 Å². The fraction of sp³-hybridized carbons (Fsp3) is 0.700. The number of hydrogen-bond donors (Lipinski definition) is 1. The lowest BCUT2D eigenvalue weighted by Gasteiger charge is -2.46. The van der Waals surface area contributed by atoms with Crippen molar-refractivity contribution in [2.45, 2.75) is 44.6 Å². The molecule has 1 aromatic rings. The van der Waals surface area contributed by atoms with Gasteiger partial charge in [0.25, 0.3) is 5.91 Å². The molecular formula is C20H29N3O2S. The first-order valence-electron chi connectivity index (χ1n) is 10.0. The Kier molecular flexibility index (Phi) is 5.60. The van der Waals surface area contributed by atoms with Gasteiger partial charge in [-0.25, -0.2) is 0 Å². The molecule has 5 nitrogen and oxygen atoms in total. The van der Waals surface area contributed by atoms with Crippen LogP contribution in [0.1, 0.15) is 48.9 Å². The predicted molar refractivity (Wildman–Crippen MR) is 103 cm³/mol. The normalized spacial score (nSPS) is 28.4. The van der Waals surface area contributed by atoms with Crippen LogP contribution in [-0.4, -0.2) is 60.4 Å². The van der Waals surface area contributed by atoms with Crippen LogP contribution in [0.4, 0.5) is 0 Å². The molecule has 1 N–H and O–H groups in total. The van der Waals surface area contributed by atoms with Crippen molar-refractivity contribution in [3.8, 4) is 0 Å². The zero-order valence-electron chi connectivity index (χ0n) is 15.4. The van der Waals surface area contributed by atoms with E-state index in [0.717, 1.165) is 64.0 Å². The molecule has 6 heteroatoms. The minimum Gasteiger partial charge on any atom is -0.343 e. The Labute approximate surface area is 159 Å². The third kappa shape index (κ3) is 3.96. The fourth-order valence-corrected chi connectivity index (χ4v) is 5.47. The molecule has 3 aliphatic heterocycles. The second-order valence-corrected chi connectivity index (χ2v) is 8.86. The SMILES string of the molecule is O=C(CCC[C@H]1NC[C@@H]2C[C@@H]1CN(C(=O)c1ccsc1)C2)N1CCCC1. The van der Waals surface area contributed by atoms with Crippen LogP contribution in [0.15, 0.2) is 16.8 Å². The number of hydrogen-bond acceptors (Lipinski definition) is 4. The standard InChI is InChI=1S/C20H29N3O2S/c24-19(22-7-1-2-8-22)5-3-4-18-17-10-15(11-21-18)12-23(13-17)20(25)16-6-9-26-14-16/h6,9,14-15,17-18,21H,1-5,7-8,10-13H2/t15-,17+,18+/m0/s1. The summed E-state index contributed by atoms with van der Waals surface area (Å²) in [7, 11) is 0. The van der Waals surface area contributed by atoms with Gasteiger partial charge in [-0.2, -0.15) is 11.3 Å². The van der Waals surface area contributed by atoms with Crippen molar-refractivity contribution in [3.05, 3.63) is 22.4 Å². The molecule has 3 fully saturated rings. The maximum absolute atomic E-state index is 12.7. The van der Waals surface area contributed by atoms with Crippen LogP contribution in [0.25, 0.3) is 0 Å². The van der Waals surface area contributed by atoms with Gasteiger partial charge in [0.1, 0.15) is 0 Å². The van der Waals surface area contributed by atoms with Gasteiger partial charge >= 0.3 is 0 Å². The molecule has 142 valence electrons. The third-order valence-corrected chi connectivity index (χ3v) is 6.91. The maximum atomic E-state index is 12.7. The molecule has 4 heterocycles. The van der Waals surface area contributed by atoms with Crippen LogP contribution in [0, 0.1) is 11.8 Å². The number of likely N-dealkylation sites (tertiary alicyclic amines) is 2. The minimum atomic E-state index is 0.186. The lowest BCUT2D eigenvalue weighted by Crippen LogP contribution is -2.57. The van der Waals surface area contributed by atoms with E-state index in [1.165, 1.54) is 6.42 Å².